The number of fused-ring (bicyclic) bond motifs is 4. The summed E-state index contributed by atoms with van der Waals surface area (Å²) in [6.07, 6.45) is 1.60. The van der Waals surface area contributed by atoms with Crippen molar-refractivity contribution in [3.8, 4) is 16.9 Å². The van der Waals surface area contributed by atoms with Crippen LogP contribution in [-0.2, 0) is 14.1 Å². The van der Waals surface area contributed by atoms with Gasteiger partial charge in [-0.3, -0.25) is 22.9 Å². The second-order valence-electron chi connectivity index (χ2n) is 8.58. The molecule has 34 heavy (non-hydrogen) atoms. The summed E-state index contributed by atoms with van der Waals surface area (Å²) in [5.41, 5.74) is 7.60. The zero-order chi connectivity index (χ0) is 23.7. The van der Waals surface area contributed by atoms with E-state index >= 15 is 0 Å². The minimum Gasteiger partial charge on any atom is -0.298 e. The summed E-state index contributed by atoms with van der Waals surface area (Å²) in [5.74, 6) is 0. The van der Waals surface area contributed by atoms with Gasteiger partial charge in [0.15, 0.2) is 11.2 Å². The zero-order valence-electron chi connectivity index (χ0n) is 19.3. The lowest BCUT2D eigenvalue weighted by Crippen LogP contribution is -2.37. The van der Waals surface area contributed by atoms with Gasteiger partial charge in [-0.15, -0.1) is 0 Å². The Morgan fingerprint density at radius 3 is 2.38 bits per heavy atom. The van der Waals surface area contributed by atoms with E-state index in [1.807, 2.05) is 24.3 Å². The molecule has 6 aromatic rings. The molecule has 0 N–H and O–H groups in total. The molecule has 8 nitrogen and oxygen atoms in total. The van der Waals surface area contributed by atoms with Crippen molar-refractivity contribution in [2.75, 3.05) is 0 Å². The SMILES string of the molecule is Cc1c(-c2cnc3c(=O)n(C)c(=O)n(C)c3n2)cccc1-n1c2ccccc2n2c(C)ccc12. The largest absolute Gasteiger partial charge is 0.332 e. The first-order chi connectivity index (χ1) is 16.4. The molecular formula is C26H22N6O2. The van der Waals surface area contributed by atoms with Crippen molar-refractivity contribution in [2.24, 2.45) is 14.1 Å². The molecule has 0 amide bonds. The summed E-state index contributed by atoms with van der Waals surface area (Å²) in [6, 6.07) is 18.7. The quantitative estimate of drug-likeness (QED) is 0.404. The maximum atomic E-state index is 12.5. The van der Waals surface area contributed by atoms with Crippen LogP contribution in [0.1, 0.15) is 11.3 Å². The van der Waals surface area contributed by atoms with Gasteiger partial charge in [-0.1, -0.05) is 24.3 Å². The number of imidazole rings is 1. The van der Waals surface area contributed by atoms with Crippen molar-refractivity contribution in [1.29, 1.82) is 0 Å². The minimum atomic E-state index is -0.451. The summed E-state index contributed by atoms with van der Waals surface area (Å²) in [7, 11) is 3.04. The molecule has 0 saturated carbocycles. The summed E-state index contributed by atoms with van der Waals surface area (Å²) < 4.78 is 6.91. The number of rotatable bonds is 2. The van der Waals surface area contributed by atoms with Crippen LogP contribution in [0.4, 0.5) is 0 Å². The molecule has 0 bridgehead atoms. The Balaban J connectivity index is 1.64. The molecule has 2 aromatic carbocycles. The molecule has 0 fully saturated rings. The lowest BCUT2D eigenvalue weighted by atomic mass is 10.0. The highest BCUT2D eigenvalue weighted by atomic mass is 16.2. The lowest BCUT2D eigenvalue weighted by molar-refractivity contribution is 0.704. The molecule has 0 saturated heterocycles. The van der Waals surface area contributed by atoms with Crippen molar-refractivity contribution < 1.29 is 0 Å². The fraction of sp³-hybridized carbons (Fsp3) is 0.154. The van der Waals surface area contributed by atoms with E-state index < -0.39 is 11.2 Å². The average Bonchev–Trinajstić information content (AvgIpc) is 3.39. The van der Waals surface area contributed by atoms with Crippen molar-refractivity contribution >= 4 is 27.8 Å². The van der Waals surface area contributed by atoms with Crippen LogP contribution in [0.3, 0.4) is 0 Å². The molecule has 6 rings (SSSR count). The number of hydrogen-bond donors (Lipinski definition) is 0. The van der Waals surface area contributed by atoms with E-state index in [-0.39, 0.29) is 11.2 Å². The molecule has 0 atom stereocenters. The highest BCUT2D eigenvalue weighted by molar-refractivity contribution is 5.86. The van der Waals surface area contributed by atoms with Gasteiger partial charge in [0.25, 0.3) is 5.56 Å². The van der Waals surface area contributed by atoms with Crippen LogP contribution in [0.5, 0.6) is 0 Å². The Hall–Kier alpha value is -4.46. The van der Waals surface area contributed by atoms with Gasteiger partial charge < -0.3 is 0 Å². The normalized spacial score (nSPS) is 11.8. The van der Waals surface area contributed by atoms with Crippen molar-refractivity contribution in [2.45, 2.75) is 13.8 Å². The van der Waals surface area contributed by atoms with Gasteiger partial charge in [-0.2, -0.15) is 0 Å². The predicted octanol–water partition coefficient (Wildman–Crippen LogP) is 3.51. The Labute approximate surface area is 194 Å². The lowest BCUT2D eigenvalue weighted by Gasteiger charge is -2.14. The van der Waals surface area contributed by atoms with E-state index in [0.717, 1.165) is 38.1 Å². The number of aryl methyl sites for hydroxylation is 2. The molecule has 0 aliphatic rings. The molecule has 0 aliphatic carbocycles. The average molecular weight is 451 g/mol. The first-order valence-electron chi connectivity index (χ1n) is 11.0. The monoisotopic (exact) mass is 450 g/mol. The van der Waals surface area contributed by atoms with Crippen molar-refractivity contribution in [3.05, 3.63) is 92.9 Å². The molecule has 0 aliphatic heterocycles. The van der Waals surface area contributed by atoms with Crippen LogP contribution in [0.2, 0.25) is 0 Å². The third-order valence-corrected chi connectivity index (χ3v) is 6.62. The van der Waals surface area contributed by atoms with Gasteiger partial charge in [0, 0.05) is 25.4 Å². The first kappa shape index (κ1) is 20.2. The van der Waals surface area contributed by atoms with E-state index in [9.17, 15) is 9.59 Å². The van der Waals surface area contributed by atoms with Gasteiger partial charge in [0.2, 0.25) is 0 Å². The van der Waals surface area contributed by atoms with Crippen LogP contribution in [0, 0.1) is 13.8 Å². The number of benzene rings is 2. The maximum Gasteiger partial charge on any atom is 0.332 e. The maximum absolute atomic E-state index is 12.5. The Morgan fingerprint density at radius 1 is 0.824 bits per heavy atom. The Bertz CT molecular complexity index is 1900. The third-order valence-electron chi connectivity index (χ3n) is 6.62. The molecular weight excluding hydrogens is 428 g/mol. The third kappa shape index (κ3) is 2.59. The molecule has 4 aromatic heterocycles. The molecule has 0 radical (unpaired) electrons. The molecule has 0 spiro atoms. The molecule has 4 heterocycles. The second kappa shape index (κ2) is 7.02. The molecule has 0 unspecified atom stereocenters. The summed E-state index contributed by atoms with van der Waals surface area (Å²) in [4.78, 5) is 34.0. The van der Waals surface area contributed by atoms with E-state index in [1.165, 1.54) is 17.3 Å². The fourth-order valence-electron chi connectivity index (χ4n) is 4.83. The van der Waals surface area contributed by atoms with Gasteiger partial charge in [-0.25, -0.2) is 14.8 Å². The molecule has 168 valence electrons. The van der Waals surface area contributed by atoms with Gasteiger partial charge >= 0.3 is 5.69 Å². The predicted molar refractivity (Wildman–Crippen MR) is 133 cm³/mol. The van der Waals surface area contributed by atoms with Crippen LogP contribution >= 0.6 is 0 Å². The van der Waals surface area contributed by atoms with Gasteiger partial charge in [0.1, 0.15) is 5.65 Å². The standard InChI is InChI=1S/C26H22N6O2/c1-15-12-13-22-31(15)20-9-5-6-10-21(20)32(22)19-11-7-8-17(16(19)2)18-14-27-23-24(28-18)29(3)26(34)30(4)25(23)33/h5-14H,1-4H3. The number of aromatic nitrogens is 6. The van der Waals surface area contributed by atoms with Crippen LogP contribution < -0.4 is 11.2 Å². The summed E-state index contributed by atoms with van der Waals surface area (Å²) >= 11 is 0. The van der Waals surface area contributed by atoms with Gasteiger partial charge in [0.05, 0.1) is 28.6 Å². The van der Waals surface area contributed by atoms with Crippen LogP contribution in [0.15, 0.2) is 70.4 Å². The van der Waals surface area contributed by atoms with Crippen molar-refractivity contribution in [3.63, 3.8) is 0 Å². The second-order valence-corrected chi connectivity index (χ2v) is 8.58. The summed E-state index contributed by atoms with van der Waals surface area (Å²) in [5, 5.41) is 0. The van der Waals surface area contributed by atoms with Gasteiger partial charge in [-0.05, 0) is 49.7 Å². The van der Waals surface area contributed by atoms with E-state index in [1.54, 1.807) is 13.2 Å². The molecule has 8 heteroatoms. The fourth-order valence-corrected chi connectivity index (χ4v) is 4.83. The van der Waals surface area contributed by atoms with E-state index in [0.29, 0.717) is 5.69 Å². The highest BCUT2D eigenvalue weighted by Crippen LogP contribution is 2.32. The topological polar surface area (TPSA) is 79.1 Å². The number of para-hydroxylation sites is 2. The Morgan fingerprint density at radius 2 is 1.59 bits per heavy atom. The number of nitrogens with zero attached hydrogens (tertiary/aromatic N) is 6. The highest BCUT2D eigenvalue weighted by Gasteiger charge is 2.18. The van der Waals surface area contributed by atoms with Crippen molar-refractivity contribution in [1.82, 2.24) is 28.1 Å². The van der Waals surface area contributed by atoms with Crippen LogP contribution in [0.25, 0.3) is 44.8 Å². The van der Waals surface area contributed by atoms with E-state index in [2.05, 4.69) is 58.1 Å². The number of hydrogen-bond acceptors (Lipinski definition) is 4. The minimum absolute atomic E-state index is 0.170. The smallest absolute Gasteiger partial charge is 0.298 e. The van der Waals surface area contributed by atoms with Crippen LogP contribution in [-0.4, -0.2) is 28.1 Å². The van der Waals surface area contributed by atoms with E-state index in [4.69, 9.17) is 4.98 Å². The zero-order valence-corrected chi connectivity index (χ0v) is 19.3. The Kier molecular flexibility index (Phi) is 4.16. The first-order valence-corrected chi connectivity index (χ1v) is 11.0. The summed E-state index contributed by atoms with van der Waals surface area (Å²) in [6.45, 7) is 4.16.